The van der Waals surface area contributed by atoms with Crippen molar-refractivity contribution in [3.05, 3.63) is 64.4 Å². The smallest absolute Gasteiger partial charge is 0.287 e. The first kappa shape index (κ1) is 30.1. The van der Waals surface area contributed by atoms with Crippen LogP contribution in [0.5, 0.6) is 0 Å². The number of ether oxygens (including phenoxy) is 1. The van der Waals surface area contributed by atoms with E-state index in [0.717, 1.165) is 42.8 Å². The second kappa shape index (κ2) is 12.5. The molecule has 1 unspecified atom stereocenters. The maximum atomic E-state index is 15.8. The second-order valence-electron chi connectivity index (χ2n) is 12.4. The number of nitrogens with zero attached hydrogens (tertiary/aromatic N) is 4. The quantitative estimate of drug-likeness (QED) is 0.156. The van der Waals surface area contributed by atoms with Crippen molar-refractivity contribution in [1.82, 2.24) is 14.9 Å². The number of anilines is 2. The molecule has 2 fully saturated rings. The Morgan fingerprint density at radius 2 is 1.85 bits per heavy atom. The normalized spacial score (nSPS) is 21.2. The van der Waals surface area contributed by atoms with E-state index in [0.29, 0.717) is 24.1 Å². The number of halogens is 1. The van der Waals surface area contributed by atoms with Gasteiger partial charge in [-0.1, -0.05) is 50.0 Å². The van der Waals surface area contributed by atoms with Gasteiger partial charge in [0.1, 0.15) is 6.73 Å². The lowest BCUT2D eigenvalue weighted by atomic mass is 9.91. The number of thiazole rings is 1. The zero-order valence-corrected chi connectivity index (χ0v) is 26.8. The molecule has 1 aromatic carbocycles. The Morgan fingerprint density at radius 1 is 1.15 bits per heavy atom. The molecule has 2 aromatic heterocycles. The standard InChI is InChI=1S/C29H40FN5O3S2Si/c1-21-25(33-28-23-10-11-24(28)17-34(16-23)15-22-8-6-5-7-9-22)14-31-29(27(21)30)40(36,37)35(26-18-39-19-32-26)20-38-12-13-41(2,3)4/h5-9,14,18-19,23-24,28,33H,10-13,15-17,20H2,1-4H3/t23-,24+,28?. The van der Waals surface area contributed by atoms with Gasteiger partial charge in [-0.05, 0) is 43.2 Å². The Morgan fingerprint density at radius 3 is 2.49 bits per heavy atom. The monoisotopic (exact) mass is 617 g/mol. The van der Waals surface area contributed by atoms with Crippen LogP contribution in [0.3, 0.4) is 0 Å². The maximum Gasteiger partial charge on any atom is 0.287 e. The van der Waals surface area contributed by atoms with Crippen molar-refractivity contribution in [2.45, 2.75) is 63.1 Å². The second-order valence-corrected chi connectivity index (χ2v) is 20.5. The van der Waals surface area contributed by atoms with Crippen molar-refractivity contribution < 1.29 is 17.5 Å². The van der Waals surface area contributed by atoms with Gasteiger partial charge in [0, 0.05) is 51.3 Å². The van der Waals surface area contributed by atoms with E-state index in [2.05, 4.69) is 64.1 Å². The Labute approximate surface area is 248 Å². The summed E-state index contributed by atoms with van der Waals surface area (Å²) in [5, 5.41) is 4.56. The summed E-state index contributed by atoms with van der Waals surface area (Å²) in [6.07, 6.45) is 3.71. The van der Waals surface area contributed by atoms with Gasteiger partial charge in [-0.2, -0.15) is 8.42 Å². The molecule has 1 saturated heterocycles. The molecule has 12 heteroatoms. The molecule has 1 aliphatic heterocycles. The summed E-state index contributed by atoms with van der Waals surface area (Å²) in [6.45, 7) is 11.4. The summed E-state index contributed by atoms with van der Waals surface area (Å²) in [5.74, 6) is 0.239. The third-order valence-electron chi connectivity index (χ3n) is 8.13. The van der Waals surface area contributed by atoms with Crippen molar-refractivity contribution in [3.63, 3.8) is 0 Å². The highest BCUT2D eigenvalue weighted by Gasteiger charge is 2.42. The molecule has 3 atom stereocenters. The fourth-order valence-electron chi connectivity index (χ4n) is 5.80. The molecule has 2 aliphatic rings. The van der Waals surface area contributed by atoms with Crippen LogP contribution >= 0.6 is 11.3 Å². The highest BCUT2D eigenvalue weighted by Crippen LogP contribution is 2.40. The fourth-order valence-corrected chi connectivity index (χ4v) is 8.50. The summed E-state index contributed by atoms with van der Waals surface area (Å²) in [4.78, 5) is 10.8. The Bertz CT molecular complexity index is 1410. The van der Waals surface area contributed by atoms with E-state index in [1.807, 2.05) is 6.07 Å². The van der Waals surface area contributed by atoms with Crippen molar-refractivity contribution >= 4 is 40.9 Å². The van der Waals surface area contributed by atoms with Crippen LogP contribution < -0.4 is 9.62 Å². The van der Waals surface area contributed by atoms with Crippen LogP contribution in [0.1, 0.15) is 24.0 Å². The van der Waals surface area contributed by atoms with Crippen LogP contribution in [0.25, 0.3) is 0 Å². The van der Waals surface area contributed by atoms with E-state index in [1.54, 1.807) is 17.8 Å². The molecule has 1 aliphatic carbocycles. The maximum absolute atomic E-state index is 15.8. The Kier molecular flexibility index (Phi) is 9.15. The number of hydrogen-bond donors (Lipinski definition) is 1. The molecule has 41 heavy (non-hydrogen) atoms. The molecule has 0 amide bonds. The predicted octanol–water partition coefficient (Wildman–Crippen LogP) is 5.82. The topological polar surface area (TPSA) is 87.7 Å². The van der Waals surface area contributed by atoms with Crippen LogP contribution in [0.4, 0.5) is 15.9 Å². The number of likely N-dealkylation sites (tertiary alicyclic amines) is 1. The highest BCUT2D eigenvalue weighted by atomic mass is 32.2. The van der Waals surface area contributed by atoms with Crippen molar-refractivity contribution in [3.8, 4) is 0 Å². The van der Waals surface area contributed by atoms with Gasteiger partial charge in [-0.3, -0.25) is 4.90 Å². The van der Waals surface area contributed by atoms with Gasteiger partial charge in [0.15, 0.2) is 11.6 Å². The molecule has 2 bridgehead atoms. The molecule has 3 aromatic rings. The van der Waals surface area contributed by atoms with E-state index >= 15 is 4.39 Å². The average molecular weight is 618 g/mol. The molecular formula is C29H40FN5O3S2Si. The first-order valence-electron chi connectivity index (χ1n) is 14.2. The van der Waals surface area contributed by atoms with Crippen molar-refractivity contribution in [2.24, 2.45) is 11.8 Å². The van der Waals surface area contributed by atoms with Gasteiger partial charge in [0.25, 0.3) is 10.0 Å². The number of benzene rings is 1. The molecule has 0 spiro atoms. The number of sulfonamides is 1. The SMILES string of the molecule is Cc1c(NC2[C@@H]3CC[C@H]2CN(Cc2ccccc2)C3)cnc(S(=O)(=O)N(COCC[Si](C)(C)C)c2cscn2)c1F. The van der Waals surface area contributed by atoms with Crippen LogP contribution in [0.2, 0.25) is 25.7 Å². The van der Waals surface area contributed by atoms with E-state index in [9.17, 15) is 8.42 Å². The molecule has 3 heterocycles. The third kappa shape index (κ3) is 6.99. The molecule has 222 valence electrons. The number of piperidine rings is 1. The van der Waals surface area contributed by atoms with Crippen LogP contribution in [0.15, 0.2) is 52.4 Å². The minimum atomic E-state index is -4.35. The molecular weight excluding hydrogens is 578 g/mol. The first-order valence-corrected chi connectivity index (χ1v) is 20.3. The molecule has 1 N–H and O–H groups in total. The predicted molar refractivity (Wildman–Crippen MR) is 165 cm³/mol. The molecule has 5 rings (SSSR count). The van der Waals surface area contributed by atoms with Crippen LogP contribution in [-0.4, -0.2) is 63.8 Å². The zero-order valence-electron chi connectivity index (χ0n) is 24.2. The molecule has 8 nitrogen and oxygen atoms in total. The van der Waals surface area contributed by atoms with Crippen LogP contribution in [-0.2, 0) is 21.3 Å². The molecule has 0 radical (unpaired) electrons. The van der Waals surface area contributed by atoms with E-state index in [-0.39, 0.29) is 24.2 Å². The van der Waals surface area contributed by atoms with Gasteiger partial charge in [-0.15, -0.1) is 11.3 Å². The number of pyridine rings is 1. The lowest BCUT2D eigenvalue weighted by Gasteiger charge is -2.39. The van der Waals surface area contributed by atoms with Gasteiger partial charge < -0.3 is 10.1 Å². The minimum Gasteiger partial charge on any atom is -0.380 e. The number of nitrogens with one attached hydrogen (secondary N) is 1. The number of fused-ring (bicyclic) bond motifs is 2. The summed E-state index contributed by atoms with van der Waals surface area (Å²) >= 11 is 1.27. The zero-order chi connectivity index (χ0) is 29.2. The lowest BCUT2D eigenvalue weighted by molar-refractivity contribution is 0.148. The van der Waals surface area contributed by atoms with Gasteiger partial charge in [0.05, 0.1) is 17.4 Å². The summed E-state index contributed by atoms with van der Waals surface area (Å²) in [5.41, 5.74) is 3.65. The lowest BCUT2D eigenvalue weighted by Crippen LogP contribution is -2.47. The summed E-state index contributed by atoms with van der Waals surface area (Å²) in [7, 11) is -5.71. The number of hydrogen-bond acceptors (Lipinski definition) is 8. The van der Waals surface area contributed by atoms with Crippen molar-refractivity contribution in [2.75, 3.05) is 36.0 Å². The van der Waals surface area contributed by atoms with E-state index < -0.39 is 28.9 Å². The Balaban J connectivity index is 1.30. The summed E-state index contributed by atoms with van der Waals surface area (Å²) < 4.78 is 49.9. The number of rotatable bonds is 12. The molecule has 1 saturated carbocycles. The number of aromatic nitrogens is 2. The average Bonchev–Trinajstić information content (AvgIpc) is 3.52. The van der Waals surface area contributed by atoms with Gasteiger partial charge in [-0.25, -0.2) is 18.7 Å². The minimum absolute atomic E-state index is 0.197. The fraction of sp³-hybridized carbons (Fsp3) is 0.517. The van der Waals surface area contributed by atoms with Gasteiger partial charge in [0.2, 0.25) is 5.03 Å². The van der Waals surface area contributed by atoms with E-state index in [4.69, 9.17) is 4.74 Å². The van der Waals surface area contributed by atoms with Gasteiger partial charge >= 0.3 is 0 Å². The van der Waals surface area contributed by atoms with E-state index in [1.165, 1.54) is 23.1 Å². The largest absolute Gasteiger partial charge is 0.380 e. The van der Waals surface area contributed by atoms with Crippen LogP contribution in [0, 0.1) is 24.6 Å². The first-order chi connectivity index (χ1) is 19.5. The summed E-state index contributed by atoms with van der Waals surface area (Å²) in [6, 6.07) is 11.6. The highest BCUT2D eigenvalue weighted by molar-refractivity contribution is 7.92. The third-order valence-corrected chi connectivity index (χ3v) is 12.1. The Hall–Kier alpha value is -2.38. The van der Waals surface area contributed by atoms with Crippen molar-refractivity contribution in [1.29, 1.82) is 0 Å².